The molecule has 0 amide bonds. The van der Waals surface area contributed by atoms with Crippen LogP contribution < -0.4 is 0 Å². The van der Waals surface area contributed by atoms with Crippen molar-refractivity contribution in [2.75, 3.05) is 6.61 Å². The molecule has 0 saturated carbocycles. The van der Waals surface area contributed by atoms with Crippen molar-refractivity contribution in [3.05, 3.63) is 48.0 Å². The molecule has 2 aliphatic rings. The fraction of sp³-hybridized carbons (Fsp3) is 0.333. The molecule has 0 aromatic rings. The van der Waals surface area contributed by atoms with Gasteiger partial charge in [-0.05, 0) is 11.9 Å². The van der Waals surface area contributed by atoms with Gasteiger partial charge in [-0.15, -0.1) is 0 Å². The topological polar surface area (TPSA) is 49.7 Å². The van der Waals surface area contributed by atoms with Crippen LogP contribution in [0.15, 0.2) is 48.0 Å². The maximum atomic E-state index is 9.29. The summed E-state index contributed by atoms with van der Waals surface area (Å²) in [5.74, 6) is 0.179. The van der Waals surface area contributed by atoms with E-state index in [9.17, 15) is 10.0 Å². The number of hydrogen-bond acceptors (Lipinski definition) is 3. The Hall–Kier alpha value is -1.10. The molecule has 0 saturated heterocycles. The van der Waals surface area contributed by atoms with Crippen LogP contribution >= 0.6 is 0 Å². The summed E-state index contributed by atoms with van der Waals surface area (Å²) in [4.78, 5) is 0. The second kappa shape index (κ2) is 5.30. The lowest BCUT2D eigenvalue weighted by Gasteiger charge is -2.28. The lowest BCUT2D eigenvalue weighted by atomic mass is 9.69. The fourth-order valence-corrected chi connectivity index (χ4v) is 2.01. The molecule has 2 unspecified atom stereocenters. The lowest BCUT2D eigenvalue weighted by molar-refractivity contribution is 0.0722. The van der Waals surface area contributed by atoms with Crippen LogP contribution in [0, 0.1) is 5.92 Å². The van der Waals surface area contributed by atoms with Gasteiger partial charge in [0.2, 0.25) is 0 Å². The minimum absolute atomic E-state index is 0.179. The normalized spacial score (nSPS) is 32.8. The highest BCUT2D eigenvalue weighted by Crippen LogP contribution is 2.27. The second-order valence-corrected chi connectivity index (χ2v) is 3.94. The van der Waals surface area contributed by atoms with Gasteiger partial charge in [-0.25, -0.2) is 0 Å². The van der Waals surface area contributed by atoms with Gasteiger partial charge in [0.05, 0.1) is 12.7 Å². The van der Waals surface area contributed by atoms with Gasteiger partial charge in [0.15, 0.2) is 0 Å². The molecule has 1 aliphatic heterocycles. The molecule has 0 aromatic carbocycles. The molecule has 3 nitrogen and oxygen atoms in total. The van der Waals surface area contributed by atoms with Crippen molar-refractivity contribution in [3.8, 4) is 0 Å². The summed E-state index contributed by atoms with van der Waals surface area (Å²) in [6.45, 7) is 0.489. The summed E-state index contributed by atoms with van der Waals surface area (Å²) in [5.41, 5.74) is 0.538. The third-order valence-corrected chi connectivity index (χ3v) is 2.83. The van der Waals surface area contributed by atoms with Crippen LogP contribution in [0.25, 0.3) is 0 Å². The SMILES string of the molecule is OB(O)C1=CC=CC2C/C=C\C=C/COC12. The van der Waals surface area contributed by atoms with Crippen LogP contribution in [-0.2, 0) is 4.74 Å². The molecule has 0 bridgehead atoms. The molecule has 2 atom stereocenters. The Morgan fingerprint density at radius 3 is 2.81 bits per heavy atom. The van der Waals surface area contributed by atoms with E-state index in [-0.39, 0.29) is 12.0 Å². The van der Waals surface area contributed by atoms with Crippen molar-refractivity contribution in [2.45, 2.75) is 12.5 Å². The van der Waals surface area contributed by atoms with Crippen molar-refractivity contribution in [2.24, 2.45) is 5.92 Å². The molecule has 0 fully saturated rings. The molecule has 0 aromatic heterocycles. The van der Waals surface area contributed by atoms with Gasteiger partial charge < -0.3 is 14.8 Å². The Bertz CT molecular complexity index is 355. The maximum Gasteiger partial charge on any atom is 0.486 e. The molecule has 0 radical (unpaired) electrons. The number of rotatable bonds is 1. The van der Waals surface area contributed by atoms with Gasteiger partial charge in [0.1, 0.15) is 0 Å². The molecule has 1 heterocycles. The Kier molecular flexibility index (Phi) is 3.77. The van der Waals surface area contributed by atoms with Crippen molar-refractivity contribution < 1.29 is 14.8 Å². The highest BCUT2D eigenvalue weighted by molar-refractivity contribution is 6.51. The first-order valence-electron chi connectivity index (χ1n) is 5.46. The smallest absolute Gasteiger partial charge is 0.423 e. The lowest BCUT2D eigenvalue weighted by Crippen LogP contribution is -2.34. The Morgan fingerprint density at radius 1 is 1.19 bits per heavy atom. The van der Waals surface area contributed by atoms with Crippen LogP contribution in [-0.4, -0.2) is 29.9 Å². The van der Waals surface area contributed by atoms with E-state index in [0.717, 1.165) is 6.42 Å². The zero-order valence-corrected chi connectivity index (χ0v) is 8.99. The van der Waals surface area contributed by atoms with Gasteiger partial charge in [0, 0.05) is 5.92 Å². The minimum Gasteiger partial charge on any atom is -0.423 e. The summed E-state index contributed by atoms with van der Waals surface area (Å²) in [6.07, 6.45) is 14.2. The first kappa shape index (κ1) is 11.4. The second-order valence-electron chi connectivity index (χ2n) is 3.94. The highest BCUT2D eigenvalue weighted by Gasteiger charge is 2.31. The molecule has 4 heteroatoms. The van der Waals surface area contributed by atoms with Crippen LogP contribution in [0.5, 0.6) is 0 Å². The molecule has 1 aliphatic carbocycles. The van der Waals surface area contributed by atoms with E-state index in [1.54, 1.807) is 6.08 Å². The first-order valence-corrected chi connectivity index (χ1v) is 5.46. The van der Waals surface area contributed by atoms with Crippen LogP contribution in [0.4, 0.5) is 0 Å². The predicted molar refractivity (Wildman–Crippen MR) is 63.5 cm³/mol. The quantitative estimate of drug-likeness (QED) is 0.646. The fourth-order valence-electron chi connectivity index (χ4n) is 2.01. The summed E-state index contributed by atoms with van der Waals surface area (Å²) < 4.78 is 5.67. The van der Waals surface area contributed by atoms with E-state index >= 15 is 0 Å². The van der Waals surface area contributed by atoms with Crippen molar-refractivity contribution in [3.63, 3.8) is 0 Å². The summed E-state index contributed by atoms with van der Waals surface area (Å²) in [7, 11) is -1.44. The third kappa shape index (κ3) is 2.53. The van der Waals surface area contributed by atoms with Gasteiger partial charge in [-0.1, -0.05) is 42.5 Å². The molecule has 84 valence electrons. The van der Waals surface area contributed by atoms with E-state index in [4.69, 9.17) is 4.74 Å². The molecular formula is C12H15BO3. The van der Waals surface area contributed by atoms with Gasteiger partial charge in [-0.3, -0.25) is 0 Å². The summed E-state index contributed by atoms with van der Waals surface area (Å²) in [5, 5.41) is 18.6. The van der Waals surface area contributed by atoms with Gasteiger partial charge in [0.25, 0.3) is 0 Å². The summed E-state index contributed by atoms with van der Waals surface area (Å²) in [6, 6.07) is 0. The van der Waals surface area contributed by atoms with E-state index in [1.807, 2.05) is 30.4 Å². The van der Waals surface area contributed by atoms with E-state index in [2.05, 4.69) is 6.08 Å². The predicted octanol–water partition coefficient (Wildman–Crippen LogP) is 1.01. The maximum absolute atomic E-state index is 9.29. The third-order valence-electron chi connectivity index (χ3n) is 2.83. The molecule has 2 rings (SSSR count). The largest absolute Gasteiger partial charge is 0.486 e. The molecule has 16 heavy (non-hydrogen) atoms. The zero-order valence-electron chi connectivity index (χ0n) is 8.99. The summed E-state index contributed by atoms with van der Waals surface area (Å²) >= 11 is 0. The van der Waals surface area contributed by atoms with Crippen molar-refractivity contribution in [1.82, 2.24) is 0 Å². The minimum atomic E-state index is -1.44. The number of fused-ring (bicyclic) bond motifs is 1. The highest BCUT2D eigenvalue weighted by atomic mass is 16.5. The van der Waals surface area contributed by atoms with Crippen LogP contribution in [0.3, 0.4) is 0 Å². The molecule has 2 N–H and O–H groups in total. The van der Waals surface area contributed by atoms with Gasteiger partial charge >= 0.3 is 7.12 Å². The average molecular weight is 218 g/mol. The van der Waals surface area contributed by atoms with Crippen LogP contribution in [0.1, 0.15) is 6.42 Å². The monoisotopic (exact) mass is 218 g/mol. The Morgan fingerprint density at radius 2 is 2.00 bits per heavy atom. The van der Waals surface area contributed by atoms with E-state index in [1.165, 1.54) is 0 Å². The molecule has 0 spiro atoms. The Labute approximate surface area is 95.6 Å². The van der Waals surface area contributed by atoms with E-state index in [0.29, 0.717) is 12.1 Å². The zero-order chi connectivity index (χ0) is 11.4. The van der Waals surface area contributed by atoms with Gasteiger partial charge in [-0.2, -0.15) is 0 Å². The standard InChI is InChI=1S/C12H15BO3/c14-13(15)11-8-5-7-10-6-3-1-2-4-9-16-12(10)11/h1-5,7-8,10,12,14-15H,6,9H2/b3-1-,4-2-. The Balaban J connectivity index is 2.20. The number of hydrogen-bond donors (Lipinski definition) is 2. The average Bonchev–Trinajstić information content (AvgIpc) is 2.39. The van der Waals surface area contributed by atoms with Crippen molar-refractivity contribution in [1.29, 1.82) is 0 Å². The first-order chi connectivity index (χ1) is 7.79. The van der Waals surface area contributed by atoms with Crippen molar-refractivity contribution >= 4 is 7.12 Å². The molecular weight excluding hydrogens is 203 g/mol. The number of allylic oxidation sites excluding steroid dienone is 5. The number of ether oxygens (including phenoxy) is 1. The van der Waals surface area contributed by atoms with Crippen LogP contribution in [0.2, 0.25) is 0 Å². The van der Waals surface area contributed by atoms with E-state index < -0.39 is 7.12 Å².